The van der Waals surface area contributed by atoms with Crippen molar-refractivity contribution in [2.75, 3.05) is 0 Å². The minimum absolute atomic E-state index is 0.0448. The van der Waals surface area contributed by atoms with Gasteiger partial charge in [-0.05, 0) is 44.2 Å². The average Bonchev–Trinajstić information content (AvgIpc) is 3.17. The lowest BCUT2D eigenvalue weighted by Crippen LogP contribution is -2.01. The van der Waals surface area contributed by atoms with Crippen LogP contribution in [0.5, 0.6) is 23.0 Å². The van der Waals surface area contributed by atoms with Gasteiger partial charge in [-0.25, -0.2) is 15.0 Å². The van der Waals surface area contributed by atoms with Crippen LogP contribution in [0.15, 0.2) is 54.7 Å². The summed E-state index contributed by atoms with van der Waals surface area (Å²) in [6.07, 6.45) is 1.91. The number of aromatic nitrogens is 4. The van der Waals surface area contributed by atoms with Gasteiger partial charge in [0.25, 0.3) is 0 Å². The number of nitrogens with zero attached hydrogens (tertiary/aromatic N) is 4. The first-order valence-electron chi connectivity index (χ1n) is 10.6. The molecule has 4 N–H and O–H groups in total. The summed E-state index contributed by atoms with van der Waals surface area (Å²) in [5.41, 5.74) is 2.98. The fourth-order valence-electron chi connectivity index (χ4n) is 4.00. The number of hydrogen-bond donors (Lipinski definition) is 4. The van der Waals surface area contributed by atoms with E-state index in [1.165, 1.54) is 24.3 Å². The molecule has 0 saturated carbocycles. The molecule has 5 rings (SSSR count). The Kier molecular flexibility index (Phi) is 4.86. The summed E-state index contributed by atoms with van der Waals surface area (Å²) in [7, 11) is 1.93. The Labute approximate surface area is 195 Å². The number of aryl methyl sites for hydroxylation is 1. The van der Waals surface area contributed by atoms with Crippen molar-refractivity contribution in [1.29, 1.82) is 0 Å². The molecule has 170 valence electrons. The summed E-state index contributed by atoms with van der Waals surface area (Å²) in [6.45, 7) is 3.19. The highest BCUT2D eigenvalue weighted by atomic mass is 16.3. The first-order valence-corrected chi connectivity index (χ1v) is 10.6. The number of rotatable bonds is 3. The summed E-state index contributed by atoms with van der Waals surface area (Å²) in [6, 6.07) is 13.8. The summed E-state index contributed by atoms with van der Waals surface area (Å²) in [4.78, 5) is 13.8. The minimum atomic E-state index is -0.146. The van der Waals surface area contributed by atoms with E-state index in [1.807, 2.05) is 42.1 Å². The standard InChI is InChI=1S/C26H22N4O4/c1-13-20(31)10-8-16(22(13)33)24-27-25(17-9-11-21(32)14(2)23(17)34)29-26(28-24)18-12-30(3)19-7-5-4-6-15(18)19/h4-12,31-34H,1-3H3. The summed E-state index contributed by atoms with van der Waals surface area (Å²) >= 11 is 0. The SMILES string of the molecule is Cc1c(O)ccc(-c2nc(-c3ccc(O)c(C)c3O)nc(-c3cn(C)c4ccccc34)n2)c1O. The number of fused-ring (bicyclic) bond motifs is 1. The van der Waals surface area contributed by atoms with Gasteiger partial charge >= 0.3 is 0 Å². The van der Waals surface area contributed by atoms with Crippen LogP contribution in [0.2, 0.25) is 0 Å². The lowest BCUT2D eigenvalue weighted by atomic mass is 10.1. The molecule has 0 aliphatic rings. The zero-order chi connectivity index (χ0) is 24.1. The molecule has 0 amide bonds. The molecule has 0 radical (unpaired) electrons. The van der Waals surface area contributed by atoms with Gasteiger partial charge in [-0.2, -0.15) is 0 Å². The number of phenols is 4. The lowest BCUT2D eigenvalue weighted by Gasteiger charge is -2.12. The third-order valence-corrected chi connectivity index (χ3v) is 6.06. The Bertz CT molecular complexity index is 1510. The van der Waals surface area contributed by atoms with Gasteiger partial charge in [-0.3, -0.25) is 0 Å². The van der Waals surface area contributed by atoms with Crippen molar-refractivity contribution in [1.82, 2.24) is 19.5 Å². The molecular formula is C26H22N4O4. The normalized spacial score (nSPS) is 11.3. The zero-order valence-electron chi connectivity index (χ0n) is 18.8. The Hall–Kier alpha value is -4.59. The number of hydrogen-bond acceptors (Lipinski definition) is 7. The molecule has 0 saturated heterocycles. The van der Waals surface area contributed by atoms with Crippen molar-refractivity contribution in [2.24, 2.45) is 7.05 Å². The topological polar surface area (TPSA) is 125 Å². The molecule has 0 atom stereocenters. The van der Waals surface area contributed by atoms with Crippen molar-refractivity contribution in [3.63, 3.8) is 0 Å². The zero-order valence-corrected chi connectivity index (χ0v) is 18.8. The molecule has 5 aromatic rings. The van der Waals surface area contributed by atoms with E-state index in [1.54, 1.807) is 13.8 Å². The molecule has 0 spiro atoms. The van der Waals surface area contributed by atoms with Gasteiger partial charge in [0.15, 0.2) is 17.5 Å². The third-order valence-electron chi connectivity index (χ3n) is 6.06. The monoisotopic (exact) mass is 454 g/mol. The molecule has 0 aliphatic carbocycles. The van der Waals surface area contributed by atoms with E-state index in [-0.39, 0.29) is 34.6 Å². The maximum Gasteiger partial charge on any atom is 0.167 e. The highest BCUT2D eigenvalue weighted by Gasteiger charge is 2.21. The van der Waals surface area contributed by atoms with Gasteiger partial charge in [-0.1, -0.05) is 18.2 Å². The van der Waals surface area contributed by atoms with Crippen LogP contribution in [0.3, 0.4) is 0 Å². The maximum atomic E-state index is 10.7. The van der Waals surface area contributed by atoms with Gasteiger partial charge in [-0.15, -0.1) is 0 Å². The maximum absolute atomic E-state index is 10.7. The van der Waals surface area contributed by atoms with Crippen molar-refractivity contribution in [2.45, 2.75) is 13.8 Å². The molecule has 0 unspecified atom stereocenters. The molecule has 2 heterocycles. The number of benzene rings is 3. The van der Waals surface area contributed by atoms with E-state index >= 15 is 0 Å². The molecular weight excluding hydrogens is 432 g/mol. The summed E-state index contributed by atoms with van der Waals surface area (Å²) in [5.74, 6) is 0.330. The molecule has 34 heavy (non-hydrogen) atoms. The summed E-state index contributed by atoms with van der Waals surface area (Å²) < 4.78 is 1.97. The molecule has 0 aliphatic heterocycles. The van der Waals surface area contributed by atoms with Crippen LogP contribution in [0, 0.1) is 13.8 Å². The van der Waals surface area contributed by atoms with E-state index in [9.17, 15) is 20.4 Å². The van der Waals surface area contributed by atoms with Crippen LogP contribution < -0.4 is 0 Å². The van der Waals surface area contributed by atoms with Crippen molar-refractivity contribution in [3.8, 4) is 57.2 Å². The van der Waals surface area contributed by atoms with E-state index in [4.69, 9.17) is 0 Å². The number of para-hydroxylation sites is 1. The van der Waals surface area contributed by atoms with Crippen LogP contribution in [-0.4, -0.2) is 39.9 Å². The van der Waals surface area contributed by atoms with E-state index < -0.39 is 0 Å². The molecule has 2 aromatic heterocycles. The van der Waals surface area contributed by atoms with Crippen molar-refractivity contribution >= 4 is 10.9 Å². The average molecular weight is 454 g/mol. The van der Waals surface area contributed by atoms with Gasteiger partial charge in [0.2, 0.25) is 0 Å². The Balaban J connectivity index is 1.83. The molecule has 0 bridgehead atoms. The Morgan fingerprint density at radius 1 is 0.618 bits per heavy atom. The van der Waals surface area contributed by atoms with Gasteiger partial charge in [0.05, 0.1) is 11.1 Å². The first-order chi connectivity index (χ1) is 16.3. The van der Waals surface area contributed by atoms with E-state index in [2.05, 4.69) is 15.0 Å². The smallest absolute Gasteiger partial charge is 0.167 e. The van der Waals surface area contributed by atoms with Crippen LogP contribution in [0.4, 0.5) is 0 Å². The molecule has 0 fully saturated rings. The van der Waals surface area contributed by atoms with E-state index in [0.717, 1.165) is 16.5 Å². The van der Waals surface area contributed by atoms with Gasteiger partial charge in [0.1, 0.15) is 23.0 Å². The molecule has 3 aromatic carbocycles. The minimum Gasteiger partial charge on any atom is -0.508 e. The van der Waals surface area contributed by atoms with Crippen LogP contribution in [0.25, 0.3) is 45.1 Å². The molecule has 8 heteroatoms. The second-order valence-corrected chi connectivity index (χ2v) is 8.19. The Morgan fingerprint density at radius 3 is 1.62 bits per heavy atom. The van der Waals surface area contributed by atoms with Gasteiger partial charge < -0.3 is 25.0 Å². The first kappa shape index (κ1) is 21.3. The second kappa shape index (κ2) is 7.77. The highest BCUT2D eigenvalue weighted by molar-refractivity contribution is 5.94. The Morgan fingerprint density at radius 2 is 1.09 bits per heavy atom. The largest absolute Gasteiger partial charge is 0.508 e. The van der Waals surface area contributed by atoms with Crippen LogP contribution >= 0.6 is 0 Å². The predicted molar refractivity (Wildman–Crippen MR) is 129 cm³/mol. The quantitative estimate of drug-likeness (QED) is 0.308. The third kappa shape index (κ3) is 3.27. The lowest BCUT2D eigenvalue weighted by molar-refractivity contribution is 0.443. The fourth-order valence-corrected chi connectivity index (χ4v) is 4.00. The van der Waals surface area contributed by atoms with Gasteiger partial charge in [0, 0.05) is 40.8 Å². The van der Waals surface area contributed by atoms with E-state index in [0.29, 0.717) is 28.1 Å². The van der Waals surface area contributed by atoms with Crippen molar-refractivity contribution < 1.29 is 20.4 Å². The predicted octanol–water partition coefficient (Wildman–Crippen LogP) is 4.80. The number of phenolic OH excluding ortho intramolecular Hbond substituents is 4. The number of aromatic hydroxyl groups is 4. The summed E-state index contributed by atoms with van der Waals surface area (Å²) in [5, 5.41) is 42.3. The fraction of sp³-hybridized carbons (Fsp3) is 0.115. The molecule has 8 nitrogen and oxygen atoms in total. The second-order valence-electron chi connectivity index (χ2n) is 8.19. The van der Waals surface area contributed by atoms with Crippen molar-refractivity contribution in [3.05, 3.63) is 65.9 Å². The highest BCUT2D eigenvalue weighted by Crippen LogP contribution is 2.39. The van der Waals surface area contributed by atoms with Crippen LogP contribution in [0.1, 0.15) is 11.1 Å². The van der Waals surface area contributed by atoms with Crippen LogP contribution in [-0.2, 0) is 7.05 Å².